The first kappa shape index (κ1) is 13.0. The lowest BCUT2D eigenvalue weighted by Gasteiger charge is -2.04. The Morgan fingerprint density at radius 1 is 0.864 bits per heavy atom. The molecular weight excluding hydrogens is 296 g/mol. The normalized spacial score (nSPS) is 11.0. The summed E-state index contributed by atoms with van der Waals surface area (Å²) in [6.45, 7) is 0. The molecule has 0 unspecified atom stereocenters. The van der Waals surface area contributed by atoms with E-state index in [1.165, 1.54) is 0 Å². The molecule has 0 saturated heterocycles. The van der Waals surface area contributed by atoms with Crippen LogP contribution in [0.4, 0.5) is 0 Å². The minimum atomic E-state index is 0.237. The molecule has 0 fully saturated rings. The van der Waals surface area contributed by atoms with Crippen molar-refractivity contribution in [3.8, 4) is 16.9 Å². The van der Waals surface area contributed by atoms with Gasteiger partial charge in [-0.2, -0.15) is 5.10 Å². The molecule has 4 aromatic rings. The average Bonchev–Trinajstić information content (AvgIpc) is 3.05. The molecule has 22 heavy (non-hydrogen) atoms. The molecule has 0 saturated carbocycles. The van der Waals surface area contributed by atoms with Crippen LogP contribution < -0.4 is 0 Å². The van der Waals surface area contributed by atoms with E-state index in [0.29, 0.717) is 0 Å². The van der Waals surface area contributed by atoms with Crippen LogP contribution in [-0.2, 0) is 0 Å². The molecule has 106 valence electrons. The molecule has 0 atom stereocenters. The Balaban J connectivity index is 1.88. The van der Waals surface area contributed by atoms with Gasteiger partial charge in [0.2, 0.25) is 5.28 Å². The topological polar surface area (TPSA) is 43.6 Å². The summed E-state index contributed by atoms with van der Waals surface area (Å²) in [4.78, 5) is 8.63. The zero-order chi connectivity index (χ0) is 14.9. The summed E-state index contributed by atoms with van der Waals surface area (Å²) >= 11 is 6.05. The van der Waals surface area contributed by atoms with E-state index in [1.807, 2.05) is 65.5 Å². The van der Waals surface area contributed by atoms with Crippen LogP contribution in [0.5, 0.6) is 0 Å². The Hall–Kier alpha value is -2.72. The number of aromatic nitrogens is 4. The van der Waals surface area contributed by atoms with Crippen molar-refractivity contribution >= 4 is 22.5 Å². The van der Waals surface area contributed by atoms with E-state index in [1.54, 1.807) is 6.20 Å². The van der Waals surface area contributed by atoms with E-state index in [9.17, 15) is 0 Å². The Morgan fingerprint density at radius 2 is 1.64 bits per heavy atom. The molecule has 4 rings (SSSR count). The van der Waals surface area contributed by atoms with Gasteiger partial charge in [0.15, 0.2) is 0 Å². The van der Waals surface area contributed by atoms with Gasteiger partial charge in [-0.05, 0) is 29.8 Å². The standard InChI is InChI=1S/C17H11ClN4/c18-17-20-15-9-5-4-8-14(15)16(21-17)12-10-19-22(11-12)13-6-2-1-3-7-13/h1-11H. The smallest absolute Gasteiger partial charge is 0.223 e. The minimum absolute atomic E-state index is 0.237. The van der Waals surface area contributed by atoms with Crippen molar-refractivity contribution in [1.82, 2.24) is 19.7 Å². The number of halogens is 1. The van der Waals surface area contributed by atoms with Crippen LogP contribution >= 0.6 is 11.6 Å². The highest BCUT2D eigenvalue weighted by Crippen LogP contribution is 2.27. The first-order valence-electron chi connectivity index (χ1n) is 6.84. The van der Waals surface area contributed by atoms with Crippen molar-refractivity contribution in [2.24, 2.45) is 0 Å². The minimum Gasteiger partial charge on any atom is -0.240 e. The van der Waals surface area contributed by atoms with Crippen LogP contribution in [0.2, 0.25) is 5.28 Å². The van der Waals surface area contributed by atoms with Crippen molar-refractivity contribution in [3.05, 3.63) is 72.3 Å². The second kappa shape index (κ2) is 5.24. The van der Waals surface area contributed by atoms with Gasteiger partial charge in [0.05, 0.1) is 23.1 Å². The predicted octanol–water partition coefficient (Wildman–Crippen LogP) is 4.14. The molecule has 0 aliphatic carbocycles. The molecular formula is C17H11ClN4. The van der Waals surface area contributed by atoms with E-state index in [-0.39, 0.29) is 5.28 Å². The van der Waals surface area contributed by atoms with Gasteiger partial charge < -0.3 is 0 Å². The van der Waals surface area contributed by atoms with E-state index in [2.05, 4.69) is 15.1 Å². The highest BCUT2D eigenvalue weighted by Gasteiger charge is 2.11. The molecule has 0 aliphatic heterocycles. The summed E-state index contributed by atoms with van der Waals surface area (Å²) in [7, 11) is 0. The maximum atomic E-state index is 6.05. The molecule has 0 aliphatic rings. The van der Waals surface area contributed by atoms with E-state index in [4.69, 9.17) is 11.6 Å². The van der Waals surface area contributed by atoms with Crippen molar-refractivity contribution in [2.45, 2.75) is 0 Å². The third kappa shape index (κ3) is 2.23. The molecule has 2 aromatic heterocycles. The predicted molar refractivity (Wildman–Crippen MR) is 87.1 cm³/mol. The molecule has 4 nitrogen and oxygen atoms in total. The fraction of sp³-hybridized carbons (Fsp3) is 0. The summed E-state index contributed by atoms with van der Waals surface area (Å²) in [5.41, 5.74) is 3.52. The summed E-state index contributed by atoms with van der Waals surface area (Å²) in [6.07, 6.45) is 3.73. The number of nitrogens with zero attached hydrogens (tertiary/aromatic N) is 4. The van der Waals surface area contributed by atoms with Crippen LogP contribution in [0.25, 0.3) is 27.8 Å². The molecule has 0 radical (unpaired) electrons. The third-order valence-electron chi connectivity index (χ3n) is 3.45. The molecule has 0 amide bonds. The number of hydrogen-bond donors (Lipinski definition) is 0. The first-order chi connectivity index (χ1) is 10.8. The second-order valence-electron chi connectivity index (χ2n) is 4.87. The lowest BCUT2D eigenvalue weighted by molar-refractivity contribution is 0.881. The molecule has 0 bridgehead atoms. The fourth-order valence-corrected chi connectivity index (χ4v) is 2.61. The monoisotopic (exact) mass is 306 g/mol. The van der Waals surface area contributed by atoms with Crippen molar-refractivity contribution < 1.29 is 0 Å². The lowest BCUT2D eigenvalue weighted by Crippen LogP contribution is -1.93. The van der Waals surface area contributed by atoms with Gasteiger partial charge >= 0.3 is 0 Å². The van der Waals surface area contributed by atoms with Crippen LogP contribution in [0.1, 0.15) is 0 Å². The summed E-state index contributed by atoms with van der Waals surface area (Å²) in [5, 5.41) is 5.61. The van der Waals surface area contributed by atoms with E-state index < -0.39 is 0 Å². The third-order valence-corrected chi connectivity index (χ3v) is 3.62. The molecule has 0 N–H and O–H groups in total. The zero-order valence-corrected chi connectivity index (χ0v) is 12.3. The van der Waals surface area contributed by atoms with Gasteiger partial charge in [-0.15, -0.1) is 0 Å². The quantitative estimate of drug-likeness (QED) is 0.523. The maximum absolute atomic E-state index is 6.05. The van der Waals surface area contributed by atoms with Crippen LogP contribution in [0, 0.1) is 0 Å². The number of benzene rings is 2. The Labute approximate surface area is 132 Å². The second-order valence-corrected chi connectivity index (χ2v) is 5.21. The lowest BCUT2D eigenvalue weighted by atomic mass is 10.1. The Bertz CT molecular complexity index is 947. The van der Waals surface area contributed by atoms with Crippen LogP contribution in [0.3, 0.4) is 0 Å². The van der Waals surface area contributed by atoms with Gasteiger partial charge in [-0.1, -0.05) is 36.4 Å². The fourth-order valence-electron chi connectivity index (χ4n) is 2.44. The van der Waals surface area contributed by atoms with Gasteiger partial charge in [-0.25, -0.2) is 14.6 Å². The van der Waals surface area contributed by atoms with Gasteiger partial charge in [0, 0.05) is 17.1 Å². The zero-order valence-electron chi connectivity index (χ0n) is 11.5. The SMILES string of the molecule is Clc1nc(-c2cnn(-c3ccccc3)c2)c2ccccc2n1. The number of fused-ring (bicyclic) bond motifs is 1. The first-order valence-corrected chi connectivity index (χ1v) is 7.22. The Kier molecular flexibility index (Phi) is 3.09. The average molecular weight is 307 g/mol. The molecule has 2 aromatic carbocycles. The van der Waals surface area contributed by atoms with Gasteiger partial charge in [0.1, 0.15) is 0 Å². The maximum Gasteiger partial charge on any atom is 0.223 e. The van der Waals surface area contributed by atoms with Gasteiger partial charge in [-0.3, -0.25) is 0 Å². The Morgan fingerprint density at radius 3 is 2.50 bits per heavy atom. The van der Waals surface area contributed by atoms with E-state index in [0.717, 1.165) is 27.8 Å². The number of para-hydroxylation sites is 2. The molecule has 0 spiro atoms. The number of hydrogen-bond acceptors (Lipinski definition) is 3. The highest BCUT2D eigenvalue weighted by molar-refractivity contribution is 6.28. The molecule has 5 heteroatoms. The summed E-state index contributed by atoms with van der Waals surface area (Å²) in [5.74, 6) is 0. The molecule has 2 heterocycles. The van der Waals surface area contributed by atoms with Crippen molar-refractivity contribution in [2.75, 3.05) is 0 Å². The highest BCUT2D eigenvalue weighted by atomic mass is 35.5. The van der Waals surface area contributed by atoms with Crippen molar-refractivity contribution in [3.63, 3.8) is 0 Å². The number of rotatable bonds is 2. The van der Waals surface area contributed by atoms with Crippen molar-refractivity contribution in [1.29, 1.82) is 0 Å². The van der Waals surface area contributed by atoms with Gasteiger partial charge in [0.25, 0.3) is 0 Å². The van der Waals surface area contributed by atoms with Crippen LogP contribution in [0.15, 0.2) is 67.0 Å². The van der Waals surface area contributed by atoms with E-state index >= 15 is 0 Å². The largest absolute Gasteiger partial charge is 0.240 e. The summed E-state index contributed by atoms with van der Waals surface area (Å²) in [6, 6.07) is 17.7. The summed E-state index contributed by atoms with van der Waals surface area (Å²) < 4.78 is 1.82. The van der Waals surface area contributed by atoms with Crippen LogP contribution in [-0.4, -0.2) is 19.7 Å².